The van der Waals surface area contributed by atoms with Gasteiger partial charge >= 0.3 is 0 Å². The molecule has 1 aliphatic carbocycles. The molecule has 0 atom stereocenters. The Hall–Kier alpha value is -3.10. The van der Waals surface area contributed by atoms with Crippen LogP contribution in [0.3, 0.4) is 0 Å². The topological polar surface area (TPSA) is 12.0 Å². The summed E-state index contributed by atoms with van der Waals surface area (Å²) in [7, 11) is 0. The maximum atomic E-state index is 3.64. The van der Waals surface area contributed by atoms with Crippen LogP contribution in [0, 0.1) is 0 Å². The van der Waals surface area contributed by atoms with Crippen molar-refractivity contribution in [2.75, 3.05) is 5.32 Å². The third kappa shape index (κ3) is 2.46. The third-order valence-corrected chi connectivity index (χ3v) is 7.38. The van der Waals surface area contributed by atoms with Crippen LogP contribution in [0.1, 0.15) is 25.0 Å². The van der Waals surface area contributed by atoms with Gasteiger partial charge in [0, 0.05) is 37.0 Å². The van der Waals surface area contributed by atoms with Crippen LogP contribution in [-0.2, 0) is 5.41 Å². The van der Waals surface area contributed by atoms with E-state index in [4.69, 9.17) is 0 Å². The molecule has 1 N–H and O–H groups in total. The van der Waals surface area contributed by atoms with Crippen molar-refractivity contribution in [3.63, 3.8) is 0 Å². The van der Waals surface area contributed by atoms with E-state index < -0.39 is 0 Å². The molecule has 1 heterocycles. The van der Waals surface area contributed by atoms with Crippen LogP contribution >= 0.6 is 11.3 Å². The minimum absolute atomic E-state index is 0.0268. The van der Waals surface area contributed by atoms with Gasteiger partial charge in [0.2, 0.25) is 0 Å². The SMILES string of the molecule is CC1(C)c2ccccc2-c2ccc(Nc3ccc4c(c3)sc3ccccc34)cc21. The van der Waals surface area contributed by atoms with Crippen LogP contribution in [0.5, 0.6) is 0 Å². The standard InChI is InChI=1S/C27H21NS/c1-27(2)23-9-5-3-7-19(23)20-13-11-17(15-24(20)27)28-18-12-14-22-21-8-4-6-10-25(21)29-26(22)16-18/h3-16,28H,1-2H3. The Labute approximate surface area is 174 Å². The molecule has 2 heteroatoms. The molecule has 0 bridgehead atoms. The first-order valence-electron chi connectivity index (χ1n) is 10.0. The first-order chi connectivity index (χ1) is 14.1. The van der Waals surface area contributed by atoms with Crippen molar-refractivity contribution < 1.29 is 0 Å². The van der Waals surface area contributed by atoms with Crippen molar-refractivity contribution in [1.29, 1.82) is 0 Å². The quantitative estimate of drug-likeness (QED) is 0.320. The predicted molar refractivity (Wildman–Crippen MR) is 127 cm³/mol. The van der Waals surface area contributed by atoms with Gasteiger partial charge in [-0.1, -0.05) is 68.4 Å². The Morgan fingerprint density at radius 3 is 2.24 bits per heavy atom. The van der Waals surface area contributed by atoms with Crippen LogP contribution in [-0.4, -0.2) is 0 Å². The second kappa shape index (κ2) is 5.95. The first kappa shape index (κ1) is 16.8. The highest BCUT2D eigenvalue weighted by molar-refractivity contribution is 7.25. The van der Waals surface area contributed by atoms with Crippen LogP contribution in [0.15, 0.2) is 84.9 Å². The molecule has 29 heavy (non-hydrogen) atoms. The van der Waals surface area contributed by atoms with Crippen molar-refractivity contribution in [2.24, 2.45) is 0 Å². The van der Waals surface area contributed by atoms with Gasteiger partial charge < -0.3 is 5.32 Å². The third-order valence-electron chi connectivity index (χ3n) is 6.25. The molecule has 0 saturated carbocycles. The molecular formula is C27H21NS. The molecule has 6 rings (SSSR count). The summed E-state index contributed by atoms with van der Waals surface area (Å²) in [6.45, 7) is 4.65. The van der Waals surface area contributed by atoms with E-state index in [0.29, 0.717) is 0 Å². The molecule has 1 aromatic heterocycles. The van der Waals surface area contributed by atoms with Crippen molar-refractivity contribution in [1.82, 2.24) is 0 Å². The number of hydrogen-bond donors (Lipinski definition) is 1. The number of nitrogens with one attached hydrogen (secondary N) is 1. The molecule has 1 aliphatic rings. The van der Waals surface area contributed by atoms with Crippen molar-refractivity contribution in [3.05, 3.63) is 96.1 Å². The smallest absolute Gasteiger partial charge is 0.0398 e. The highest BCUT2D eigenvalue weighted by Gasteiger charge is 2.35. The van der Waals surface area contributed by atoms with E-state index in [1.54, 1.807) is 0 Å². The summed E-state index contributed by atoms with van der Waals surface area (Å²) < 4.78 is 2.67. The lowest BCUT2D eigenvalue weighted by molar-refractivity contribution is 0.660. The first-order valence-corrected chi connectivity index (χ1v) is 10.9. The van der Waals surface area contributed by atoms with E-state index in [1.165, 1.54) is 42.4 Å². The summed E-state index contributed by atoms with van der Waals surface area (Å²) in [5.74, 6) is 0. The molecule has 140 valence electrons. The number of fused-ring (bicyclic) bond motifs is 6. The lowest BCUT2D eigenvalue weighted by Crippen LogP contribution is -2.15. The molecule has 0 unspecified atom stereocenters. The Morgan fingerprint density at radius 1 is 0.621 bits per heavy atom. The van der Waals surface area contributed by atoms with E-state index in [9.17, 15) is 0 Å². The highest BCUT2D eigenvalue weighted by atomic mass is 32.1. The largest absolute Gasteiger partial charge is 0.355 e. The molecule has 0 saturated heterocycles. The zero-order valence-electron chi connectivity index (χ0n) is 16.5. The van der Waals surface area contributed by atoms with Gasteiger partial charge in [-0.25, -0.2) is 0 Å². The maximum Gasteiger partial charge on any atom is 0.0398 e. The Balaban J connectivity index is 1.40. The summed E-state index contributed by atoms with van der Waals surface area (Å²) in [5.41, 5.74) is 7.84. The van der Waals surface area contributed by atoms with Crippen molar-refractivity contribution in [3.8, 4) is 11.1 Å². The van der Waals surface area contributed by atoms with E-state index in [2.05, 4.69) is 104 Å². The summed E-state index contributed by atoms with van der Waals surface area (Å²) in [5, 5.41) is 6.32. The molecule has 0 spiro atoms. The van der Waals surface area contributed by atoms with Crippen molar-refractivity contribution >= 4 is 42.9 Å². The number of benzene rings is 4. The van der Waals surface area contributed by atoms with Gasteiger partial charge in [0.05, 0.1) is 0 Å². The number of thiophene rings is 1. The highest BCUT2D eigenvalue weighted by Crippen LogP contribution is 2.49. The molecule has 4 aromatic carbocycles. The fraction of sp³-hybridized carbons (Fsp3) is 0.111. The molecule has 0 amide bonds. The van der Waals surface area contributed by atoms with Gasteiger partial charge in [0.1, 0.15) is 0 Å². The Morgan fingerprint density at radius 2 is 1.31 bits per heavy atom. The van der Waals surface area contributed by atoms with E-state index in [1.807, 2.05) is 11.3 Å². The van der Waals surface area contributed by atoms with Crippen LogP contribution < -0.4 is 5.32 Å². The average molecular weight is 392 g/mol. The second-order valence-electron chi connectivity index (χ2n) is 8.37. The minimum atomic E-state index is 0.0268. The zero-order chi connectivity index (χ0) is 19.6. The van der Waals surface area contributed by atoms with Gasteiger partial charge in [-0.15, -0.1) is 11.3 Å². The number of rotatable bonds is 2. The Bertz CT molecular complexity index is 1410. The summed E-state index contributed by atoms with van der Waals surface area (Å²) >= 11 is 1.86. The normalized spacial score (nSPS) is 14.1. The zero-order valence-corrected chi connectivity index (χ0v) is 17.3. The lowest BCUT2D eigenvalue weighted by Gasteiger charge is -2.22. The van der Waals surface area contributed by atoms with Gasteiger partial charge in [-0.2, -0.15) is 0 Å². The minimum Gasteiger partial charge on any atom is -0.355 e. The van der Waals surface area contributed by atoms with E-state index >= 15 is 0 Å². The summed E-state index contributed by atoms with van der Waals surface area (Å²) in [4.78, 5) is 0. The van der Waals surface area contributed by atoms with Crippen LogP contribution in [0.2, 0.25) is 0 Å². The maximum absolute atomic E-state index is 3.64. The monoisotopic (exact) mass is 391 g/mol. The summed E-state index contributed by atoms with van der Waals surface area (Å²) in [6.07, 6.45) is 0. The molecule has 5 aromatic rings. The second-order valence-corrected chi connectivity index (χ2v) is 9.45. The van der Waals surface area contributed by atoms with Gasteiger partial charge in [-0.05, 0) is 52.6 Å². The molecule has 0 aliphatic heterocycles. The fourth-order valence-corrected chi connectivity index (χ4v) is 5.90. The van der Waals surface area contributed by atoms with Crippen LogP contribution in [0.25, 0.3) is 31.3 Å². The van der Waals surface area contributed by atoms with E-state index in [0.717, 1.165) is 11.4 Å². The Kier molecular flexibility index (Phi) is 3.45. The fourth-order valence-electron chi connectivity index (χ4n) is 4.75. The molecule has 0 fully saturated rings. The lowest BCUT2D eigenvalue weighted by atomic mass is 9.82. The van der Waals surface area contributed by atoms with Gasteiger partial charge in [0.25, 0.3) is 0 Å². The predicted octanol–water partition coefficient (Wildman–Crippen LogP) is 8.10. The molecular weight excluding hydrogens is 370 g/mol. The average Bonchev–Trinajstić information content (AvgIpc) is 3.21. The van der Waals surface area contributed by atoms with Gasteiger partial charge in [-0.3, -0.25) is 0 Å². The van der Waals surface area contributed by atoms with Crippen LogP contribution in [0.4, 0.5) is 11.4 Å². The van der Waals surface area contributed by atoms with E-state index in [-0.39, 0.29) is 5.41 Å². The van der Waals surface area contributed by atoms with Crippen molar-refractivity contribution in [2.45, 2.75) is 19.3 Å². The number of hydrogen-bond acceptors (Lipinski definition) is 2. The summed E-state index contributed by atoms with van der Waals surface area (Å²) in [6, 6.07) is 30.9. The number of anilines is 2. The van der Waals surface area contributed by atoms with Gasteiger partial charge in [0.15, 0.2) is 0 Å². The molecule has 1 nitrogen and oxygen atoms in total. The molecule has 0 radical (unpaired) electrons.